The predicted octanol–water partition coefficient (Wildman–Crippen LogP) is 1.31. The second-order valence-electron chi connectivity index (χ2n) is 3.81. The highest BCUT2D eigenvalue weighted by molar-refractivity contribution is 5.29. The van der Waals surface area contributed by atoms with Crippen molar-refractivity contribution in [2.24, 2.45) is 0 Å². The van der Waals surface area contributed by atoms with Crippen LogP contribution >= 0.6 is 0 Å². The van der Waals surface area contributed by atoms with Crippen molar-refractivity contribution in [2.45, 2.75) is 5.41 Å². The van der Waals surface area contributed by atoms with E-state index in [0.29, 0.717) is 13.2 Å². The van der Waals surface area contributed by atoms with Gasteiger partial charge in [0.2, 0.25) is 0 Å². The second-order valence-corrected chi connectivity index (χ2v) is 3.81. The summed E-state index contributed by atoms with van der Waals surface area (Å²) >= 11 is 0. The number of nitrogens with one attached hydrogen (secondary N) is 1. The second kappa shape index (κ2) is 3.67. The minimum atomic E-state index is -0.176. The molecular weight excluding hydrogens is 181 g/mol. The summed E-state index contributed by atoms with van der Waals surface area (Å²) in [5, 5.41) is 3.13. The fraction of sp³-hybridized carbons (Fsp3) is 0.455. The zero-order valence-electron chi connectivity index (χ0n) is 8.22. The van der Waals surface area contributed by atoms with E-state index < -0.39 is 0 Å². The van der Waals surface area contributed by atoms with E-state index in [4.69, 9.17) is 4.74 Å². The van der Waals surface area contributed by atoms with Crippen LogP contribution in [0.5, 0.6) is 0 Å². The Labute approximate surface area is 83.1 Å². The van der Waals surface area contributed by atoms with Gasteiger partial charge in [0.05, 0.1) is 18.6 Å². The molecule has 2 nitrogen and oxygen atoms in total. The highest BCUT2D eigenvalue weighted by Crippen LogP contribution is 2.31. The monoisotopic (exact) mass is 195 g/mol. The molecule has 1 aliphatic heterocycles. The van der Waals surface area contributed by atoms with Crippen LogP contribution in [0.15, 0.2) is 24.3 Å². The summed E-state index contributed by atoms with van der Waals surface area (Å²) in [4.78, 5) is 0. The molecule has 0 spiro atoms. The predicted molar refractivity (Wildman–Crippen MR) is 52.8 cm³/mol. The van der Waals surface area contributed by atoms with Crippen LogP contribution in [0.25, 0.3) is 0 Å². The van der Waals surface area contributed by atoms with Gasteiger partial charge in [-0.15, -0.1) is 0 Å². The summed E-state index contributed by atoms with van der Waals surface area (Å²) < 4.78 is 18.3. The van der Waals surface area contributed by atoms with Gasteiger partial charge in [0.1, 0.15) is 5.82 Å². The van der Waals surface area contributed by atoms with Crippen molar-refractivity contribution in [3.05, 3.63) is 35.6 Å². The number of benzene rings is 1. The third-order valence-corrected chi connectivity index (χ3v) is 2.71. The van der Waals surface area contributed by atoms with Crippen molar-refractivity contribution in [1.29, 1.82) is 0 Å². The summed E-state index contributed by atoms with van der Waals surface area (Å²) in [6.45, 7) is 2.19. The molecule has 1 saturated heterocycles. The average molecular weight is 195 g/mol. The maximum atomic E-state index is 13.0. The van der Waals surface area contributed by atoms with Gasteiger partial charge in [0, 0.05) is 6.54 Å². The topological polar surface area (TPSA) is 21.3 Å². The van der Waals surface area contributed by atoms with Crippen LogP contribution < -0.4 is 5.32 Å². The van der Waals surface area contributed by atoms with E-state index in [2.05, 4.69) is 5.32 Å². The first kappa shape index (κ1) is 9.62. The lowest BCUT2D eigenvalue weighted by atomic mass is 9.78. The Morgan fingerprint density at radius 1 is 1.50 bits per heavy atom. The zero-order chi connectivity index (χ0) is 10.0. The van der Waals surface area contributed by atoms with Crippen molar-refractivity contribution in [2.75, 3.05) is 26.8 Å². The molecular formula is C11H14FNO. The summed E-state index contributed by atoms with van der Waals surface area (Å²) in [6.07, 6.45) is 0. The van der Waals surface area contributed by atoms with Gasteiger partial charge in [-0.05, 0) is 24.7 Å². The van der Waals surface area contributed by atoms with E-state index in [-0.39, 0.29) is 11.2 Å². The normalized spacial score (nSPS) is 19.0. The molecule has 1 aromatic rings. The van der Waals surface area contributed by atoms with E-state index in [9.17, 15) is 4.39 Å². The minimum absolute atomic E-state index is 0.0170. The van der Waals surface area contributed by atoms with Crippen LogP contribution in [0, 0.1) is 5.82 Å². The SMILES string of the molecule is CNCC1(c2cccc(F)c2)COC1. The molecule has 0 atom stereocenters. The van der Waals surface area contributed by atoms with Gasteiger partial charge >= 0.3 is 0 Å². The Hall–Kier alpha value is -0.930. The van der Waals surface area contributed by atoms with Crippen molar-refractivity contribution < 1.29 is 9.13 Å². The van der Waals surface area contributed by atoms with Crippen LogP contribution in [0.4, 0.5) is 4.39 Å². The number of ether oxygens (including phenoxy) is 1. The number of halogens is 1. The molecule has 0 aromatic heterocycles. The standard InChI is InChI=1S/C11H14FNO/c1-13-6-11(7-14-8-11)9-3-2-4-10(12)5-9/h2-5,13H,6-8H2,1H3. The Morgan fingerprint density at radius 2 is 2.29 bits per heavy atom. The number of hydrogen-bond acceptors (Lipinski definition) is 2. The smallest absolute Gasteiger partial charge is 0.123 e. The molecule has 3 heteroatoms. The molecule has 0 radical (unpaired) electrons. The lowest BCUT2D eigenvalue weighted by molar-refractivity contribution is -0.0583. The molecule has 1 N–H and O–H groups in total. The Morgan fingerprint density at radius 3 is 2.79 bits per heavy atom. The van der Waals surface area contributed by atoms with E-state index in [0.717, 1.165) is 12.1 Å². The van der Waals surface area contributed by atoms with E-state index in [1.165, 1.54) is 6.07 Å². The number of rotatable bonds is 3. The van der Waals surface area contributed by atoms with Gasteiger partial charge in [-0.25, -0.2) is 4.39 Å². The van der Waals surface area contributed by atoms with Crippen molar-refractivity contribution >= 4 is 0 Å². The Balaban J connectivity index is 2.27. The molecule has 1 heterocycles. The molecule has 0 amide bonds. The average Bonchev–Trinajstić information content (AvgIpc) is 2.11. The Kier molecular flexibility index (Phi) is 2.52. The molecule has 1 aliphatic rings. The van der Waals surface area contributed by atoms with Crippen molar-refractivity contribution in [3.8, 4) is 0 Å². The zero-order valence-corrected chi connectivity index (χ0v) is 8.22. The van der Waals surface area contributed by atoms with Gasteiger partial charge in [0.15, 0.2) is 0 Å². The molecule has 0 unspecified atom stereocenters. The van der Waals surface area contributed by atoms with Crippen LogP contribution in [0.3, 0.4) is 0 Å². The summed E-state index contributed by atoms with van der Waals surface area (Å²) in [5.41, 5.74) is 1.01. The quantitative estimate of drug-likeness (QED) is 0.785. The van der Waals surface area contributed by atoms with Crippen LogP contribution in [0.2, 0.25) is 0 Å². The van der Waals surface area contributed by atoms with Crippen molar-refractivity contribution in [3.63, 3.8) is 0 Å². The molecule has 0 aliphatic carbocycles. The van der Waals surface area contributed by atoms with Gasteiger partial charge in [0.25, 0.3) is 0 Å². The molecule has 2 rings (SSSR count). The number of likely N-dealkylation sites (N-methyl/N-ethyl adjacent to an activating group) is 1. The summed E-state index contributed by atoms with van der Waals surface area (Å²) in [5.74, 6) is -0.176. The van der Waals surface area contributed by atoms with E-state index in [1.54, 1.807) is 12.1 Å². The molecule has 76 valence electrons. The van der Waals surface area contributed by atoms with E-state index >= 15 is 0 Å². The van der Waals surface area contributed by atoms with Gasteiger partial charge in [-0.1, -0.05) is 12.1 Å². The fourth-order valence-electron chi connectivity index (χ4n) is 1.88. The van der Waals surface area contributed by atoms with E-state index in [1.807, 2.05) is 13.1 Å². The third kappa shape index (κ3) is 1.53. The van der Waals surface area contributed by atoms with Crippen LogP contribution in [-0.2, 0) is 10.2 Å². The van der Waals surface area contributed by atoms with Crippen LogP contribution in [-0.4, -0.2) is 26.8 Å². The van der Waals surface area contributed by atoms with Crippen molar-refractivity contribution in [1.82, 2.24) is 5.32 Å². The van der Waals surface area contributed by atoms with Gasteiger partial charge in [-0.3, -0.25) is 0 Å². The maximum Gasteiger partial charge on any atom is 0.123 e. The van der Waals surface area contributed by atoms with Gasteiger partial charge in [-0.2, -0.15) is 0 Å². The summed E-state index contributed by atoms with van der Waals surface area (Å²) in [6, 6.07) is 6.78. The molecule has 0 saturated carbocycles. The molecule has 1 fully saturated rings. The Bertz CT molecular complexity index is 323. The molecule has 1 aromatic carbocycles. The highest BCUT2D eigenvalue weighted by Gasteiger charge is 2.39. The molecule has 0 bridgehead atoms. The lowest BCUT2D eigenvalue weighted by Gasteiger charge is -2.41. The first-order valence-electron chi connectivity index (χ1n) is 4.75. The minimum Gasteiger partial charge on any atom is -0.379 e. The molecule has 14 heavy (non-hydrogen) atoms. The number of hydrogen-bond donors (Lipinski definition) is 1. The fourth-order valence-corrected chi connectivity index (χ4v) is 1.88. The largest absolute Gasteiger partial charge is 0.379 e. The lowest BCUT2D eigenvalue weighted by Crippen LogP contribution is -2.52. The first-order chi connectivity index (χ1) is 6.77. The van der Waals surface area contributed by atoms with Gasteiger partial charge < -0.3 is 10.1 Å². The maximum absolute atomic E-state index is 13.0. The highest BCUT2D eigenvalue weighted by atomic mass is 19.1. The van der Waals surface area contributed by atoms with Crippen LogP contribution in [0.1, 0.15) is 5.56 Å². The third-order valence-electron chi connectivity index (χ3n) is 2.71. The first-order valence-corrected chi connectivity index (χ1v) is 4.75. The summed E-state index contributed by atoms with van der Waals surface area (Å²) in [7, 11) is 1.90.